The van der Waals surface area contributed by atoms with Gasteiger partial charge in [-0.15, -0.1) is 0 Å². The Balaban J connectivity index is 1.81. The summed E-state index contributed by atoms with van der Waals surface area (Å²) in [5, 5.41) is 0. The Morgan fingerprint density at radius 2 is 1.20 bits per heavy atom. The second-order valence-electron chi connectivity index (χ2n) is 4.48. The van der Waals surface area contributed by atoms with Crippen LogP contribution in [0.3, 0.4) is 0 Å². The van der Waals surface area contributed by atoms with E-state index in [1.165, 1.54) is 0 Å². The van der Waals surface area contributed by atoms with Gasteiger partial charge in [0.1, 0.15) is 0 Å². The zero-order valence-corrected chi connectivity index (χ0v) is 12.9. The lowest BCUT2D eigenvalue weighted by Gasteiger charge is -2.16. The Morgan fingerprint density at radius 1 is 0.750 bits per heavy atom. The van der Waals surface area contributed by atoms with Crippen molar-refractivity contribution in [2.24, 2.45) is 0 Å². The van der Waals surface area contributed by atoms with Crippen LogP contribution in [0, 0.1) is 0 Å². The predicted octanol–water partition coefficient (Wildman–Crippen LogP) is 2.83. The van der Waals surface area contributed by atoms with Gasteiger partial charge in [0, 0.05) is 7.11 Å². The van der Waals surface area contributed by atoms with E-state index < -0.39 is 9.28 Å². The maximum absolute atomic E-state index is 5.88. The maximum Gasteiger partial charge on any atom is 0.348 e. The lowest BCUT2D eigenvalue weighted by atomic mass is 10.2. The molecule has 0 aliphatic carbocycles. The molecule has 0 heterocycles. The summed E-state index contributed by atoms with van der Waals surface area (Å²) in [7, 11) is -0.117. The van der Waals surface area contributed by atoms with Crippen LogP contribution >= 0.6 is 0 Å². The van der Waals surface area contributed by atoms with E-state index in [2.05, 4.69) is 24.3 Å². The molecule has 0 bridgehead atoms. The molecule has 3 nitrogen and oxygen atoms in total. The van der Waals surface area contributed by atoms with Crippen molar-refractivity contribution in [2.45, 2.75) is 13.2 Å². The van der Waals surface area contributed by atoms with E-state index in [0.717, 1.165) is 11.1 Å². The molecular weight excluding hydrogens is 268 g/mol. The van der Waals surface area contributed by atoms with Gasteiger partial charge >= 0.3 is 9.28 Å². The van der Waals surface area contributed by atoms with Crippen LogP contribution < -0.4 is 0 Å². The minimum absolute atomic E-state index is 0.555. The van der Waals surface area contributed by atoms with Crippen LogP contribution in [-0.2, 0) is 26.8 Å². The molecule has 0 aliphatic heterocycles. The molecule has 0 aliphatic rings. The van der Waals surface area contributed by atoms with Gasteiger partial charge in [0.25, 0.3) is 0 Å². The van der Waals surface area contributed by atoms with Crippen LogP contribution in [0.2, 0.25) is 0 Å². The minimum Gasteiger partial charge on any atom is -0.391 e. The summed E-state index contributed by atoms with van der Waals surface area (Å²) >= 11 is 0. The number of ether oxygens (including phenoxy) is 1. The molecule has 0 spiro atoms. The van der Waals surface area contributed by atoms with Crippen molar-refractivity contribution in [2.75, 3.05) is 13.3 Å². The van der Waals surface area contributed by atoms with E-state index >= 15 is 0 Å². The molecule has 106 valence electrons. The average Bonchev–Trinajstić information content (AvgIpc) is 2.52. The summed E-state index contributed by atoms with van der Waals surface area (Å²) < 4.78 is 17.0. The summed E-state index contributed by atoms with van der Waals surface area (Å²) in [4.78, 5) is 0. The Kier molecular flexibility index (Phi) is 6.46. The van der Waals surface area contributed by atoms with Gasteiger partial charge < -0.3 is 13.6 Å². The molecule has 0 unspecified atom stereocenters. The summed E-state index contributed by atoms with van der Waals surface area (Å²) in [5.74, 6) is 0. The van der Waals surface area contributed by atoms with Crippen LogP contribution in [0.15, 0.2) is 60.7 Å². The second kappa shape index (κ2) is 8.66. The molecule has 2 aromatic rings. The maximum atomic E-state index is 5.88. The standard InChI is InChI=1S/C16H20O3Si/c1-17-14-20(18-12-15-8-4-2-5-9-15)19-13-16-10-6-3-7-11-16/h2-11,20H,12-14H2,1H3. The van der Waals surface area contributed by atoms with E-state index in [0.29, 0.717) is 19.4 Å². The quantitative estimate of drug-likeness (QED) is 0.699. The van der Waals surface area contributed by atoms with Crippen LogP contribution in [0.4, 0.5) is 0 Å². The van der Waals surface area contributed by atoms with E-state index in [-0.39, 0.29) is 0 Å². The first kappa shape index (κ1) is 14.9. The average molecular weight is 288 g/mol. The lowest BCUT2D eigenvalue weighted by molar-refractivity contribution is 0.137. The first-order valence-corrected chi connectivity index (χ1v) is 8.44. The van der Waals surface area contributed by atoms with Gasteiger partial charge in [0.05, 0.1) is 19.4 Å². The van der Waals surface area contributed by atoms with Crippen molar-refractivity contribution < 1.29 is 13.6 Å². The highest BCUT2D eigenvalue weighted by atomic mass is 28.3. The number of methoxy groups -OCH3 is 1. The molecule has 2 rings (SSSR count). The van der Waals surface area contributed by atoms with Crippen molar-refractivity contribution in [3.8, 4) is 0 Å². The molecule has 20 heavy (non-hydrogen) atoms. The molecule has 0 fully saturated rings. The van der Waals surface area contributed by atoms with Crippen molar-refractivity contribution in [3.05, 3.63) is 71.8 Å². The Hall–Kier alpha value is -1.46. The van der Waals surface area contributed by atoms with Gasteiger partial charge in [-0.3, -0.25) is 0 Å². The van der Waals surface area contributed by atoms with Crippen molar-refractivity contribution in [1.29, 1.82) is 0 Å². The first-order chi connectivity index (χ1) is 9.88. The normalized spacial score (nSPS) is 10.9. The molecule has 0 radical (unpaired) electrons. The highest BCUT2D eigenvalue weighted by Gasteiger charge is 2.13. The SMILES string of the molecule is COC[SiH](OCc1ccccc1)OCc1ccccc1. The molecule has 2 aromatic carbocycles. The van der Waals surface area contributed by atoms with Crippen molar-refractivity contribution in [3.63, 3.8) is 0 Å². The fraction of sp³-hybridized carbons (Fsp3) is 0.250. The zero-order chi connectivity index (χ0) is 14.0. The molecule has 0 saturated carbocycles. The topological polar surface area (TPSA) is 27.7 Å². The largest absolute Gasteiger partial charge is 0.391 e. The second-order valence-corrected chi connectivity index (χ2v) is 6.34. The van der Waals surface area contributed by atoms with Gasteiger partial charge in [-0.05, 0) is 11.1 Å². The van der Waals surface area contributed by atoms with Gasteiger partial charge in [0.15, 0.2) is 0 Å². The Labute approximate surface area is 122 Å². The van der Waals surface area contributed by atoms with E-state index in [1.54, 1.807) is 7.11 Å². The molecular formula is C16H20O3Si. The molecule has 0 atom stereocenters. The summed E-state index contributed by atoms with van der Waals surface area (Å²) in [6.45, 7) is 1.16. The molecule has 0 saturated heterocycles. The van der Waals surface area contributed by atoms with Crippen LogP contribution in [-0.4, -0.2) is 22.6 Å². The van der Waals surface area contributed by atoms with Gasteiger partial charge in [-0.1, -0.05) is 60.7 Å². The first-order valence-electron chi connectivity index (χ1n) is 6.68. The lowest BCUT2D eigenvalue weighted by Crippen LogP contribution is -2.28. The third-order valence-electron chi connectivity index (χ3n) is 2.86. The molecule has 4 heteroatoms. The van der Waals surface area contributed by atoms with Crippen molar-refractivity contribution in [1.82, 2.24) is 0 Å². The highest BCUT2D eigenvalue weighted by Crippen LogP contribution is 2.06. The predicted molar refractivity (Wildman–Crippen MR) is 81.5 cm³/mol. The highest BCUT2D eigenvalue weighted by molar-refractivity contribution is 6.44. The number of rotatable bonds is 8. The Morgan fingerprint density at radius 3 is 1.60 bits per heavy atom. The molecule has 0 amide bonds. The number of hydrogen-bond acceptors (Lipinski definition) is 3. The summed E-state index contributed by atoms with van der Waals surface area (Å²) in [5.41, 5.74) is 2.31. The van der Waals surface area contributed by atoms with Gasteiger partial charge in [0.2, 0.25) is 0 Å². The van der Waals surface area contributed by atoms with Crippen LogP contribution in [0.25, 0.3) is 0 Å². The fourth-order valence-corrected chi connectivity index (χ4v) is 3.12. The smallest absolute Gasteiger partial charge is 0.348 e. The zero-order valence-electron chi connectivity index (χ0n) is 11.7. The van der Waals surface area contributed by atoms with Crippen LogP contribution in [0.5, 0.6) is 0 Å². The molecule has 0 aromatic heterocycles. The molecule has 0 N–H and O–H groups in total. The number of benzene rings is 2. The number of hydrogen-bond donors (Lipinski definition) is 0. The van der Waals surface area contributed by atoms with Crippen LogP contribution in [0.1, 0.15) is 11.1 Å². The van der Waals surface area contributed by atoms with Gasteiger partial charge in [-0.2, -0.15) is 0 Å². The fourth-order valence-electron chi connectivity index (χ4n) is 1.81. The van der Waals surface area contributed by atoms with E-state index in [9.17, 15) is 0 Å². The van der Waals surface area contributed by atoms with E-state index in [4.69, 9.17) is 13.6 Å². The third-order valence-corrected chi connectivity index (χ3v) is 4.54. The summed E-state index contributed by atoms with van der Waals surface area (Å²) in [6.07, 6.45) is 0.555. The minimum atomic E-state index is -1.80. The third kappa shape index (κ3) is 5.26. The summed E-state index contributed by atoms with van der Waals surface area (Å²) in [6, 6.07) is 20.2. The monoisotopic (exact) mass is 288 g/mol. The Bertz CT molecular complexity index is 432. The van der Waals surface area contributed by atoms with E-state index in [1.807, 2.05) is 36.4 Å². The van der Waals surface area contributed by atoms with Gasteiger partial charge in [-0.25, -0.2) is 0 Å². The van der Waals surface area contributed by atoms with Crippen molar-refractivity contribution >= 4 is 9.28 Å².